The smallest absolute Gasteiger partial charge is 0.258 e. The number of nitrogens with zero attached hydrogens (tertiary/aromatic N) is 4. The van der Waals surface area contributed by atoms with Gasteiger partial charge in [-0.05, 0) is 25.8 Å². The normalized spacial score (nSPS) is 12.4. The van der Waals surface area contributed by atoms with E-state index in [-0.39, 0.29) is 11.5 Å². The van der Waals surface area contributed by atoms with Crippen molar-refractivity contribution in [2.24, 2.45) is 5.92 Å². The summed E-state index contributed by atoms with van der Waals surface area (Å²) in [4.78, 5) is 29.1. The number of nitrogens with one attached hydrogen (secondary N) is 1. The van der Waals surface area contributed by atoms with Crippen molar-refractivity contribution in [3.8, 4) is 0 Å². The molecule has 1 N–H and O–H groups in total. The van der Waals surface area contributed by atoms with Crippen LogP contribution in [0, 0.1) is 19.8 Å². The van der Waals surface area contributed by atoms with Gasteiger partial charge in [-0.3, -0.25) is 18.7 Å². The van der Waals surface area contributed by atoms with Gasteiger partial charge in [-0.2, -0.15) is 5.10 Å². The largest absolute Gasteiger partial charge is 0.355 e. The number of thioether (sulfide) groups is 1. The monoisotopic (exact) mass is 405 g/mol. The summed E-state index contributed by atoms with van der Waals surface area (Å²) in [7, 11) is 0. The van der Waals surface area contributed by atoms with Crippen molar-refractivity contribution in [3.05, 3.63) is 51.1 Å². The molecule has 0 saturated carbocycles. The number of thiazole rings is 1. The molecule has 144 valence electrons. The lowest BCUT2D eigenvalue weighted by Crippen LogP contribution is -2.31. The van der Waals surface area contributed by atoms with Gasteiger partial charge >= 0.3 is 0 Å². The SMILES string of the molecule is Cc1cc(C)n(CC(C)CNC(=O)CSCc2cc(=O)n3ccsc3n2)n1. The minimum absolute atomic E-state index is 0.00542. The molecule has 3 heterocycles. The number of aromatic nitrogens is 4. The molecular formula is C18H23N5O2S2. The van der Waals surface area contributed by atoms with E-state index in [4.69, 9.17) is 0 Å². The molecule has 27 heavy (non-hydrogen) atoms. The van der Waals surface area contributed by atoms with E-state index in [0.717, 1.165) is 17.9 Å². The molecule has 0 aliphatic rings. The molecule has 0 aliphatic carbocycles. The van der Waals surface area contributed by atoms with Crippen LogP contribution < -0.4 is 10.9 Å². The lowest BCUT2D eigenvalue weighted by Gasteiger charge is -2.14. The van der Waals surface area contributed by atoms with Crippen LogP contribution in [0.15, 0.2) is 28.5 Å². The van der Waals surface area contributed by atoms with Crippen LogP contribution in [0.4, 0.5) is 0 Å². The molecule has 7 nitrogen and oxygen atoms in total. The number of hydrogen-bond acceptors (Lipinski definition) is 6. The molecular weight excluding hydrogens is 382 g/mol. The van der Waals surface area contributed by atoms with E-state index < -0.39 is 0 Å². The predicted octanol–water partition coefficient (Wildman–Crippen LogP) is 2.26. The maximum absolute atomic E-state index is 12.1. The molecule has 3 rings (SSSR count). The van der Waals surface area contributed by atoms with E-state index in [9.17, 15) is 9.59 Å². The Labute approximate surface area is 165 Å². The highest BCUT2D eigenvalue weighted by atomic mass is 32.2. The first-order valence-electron chi connectivity index (χ1n) is 8.73. The van der Waals surface area contributed by atoms with Crippen LogP contribution in [0.3, 0.4) is 0 Å². The molecule has 9 heteroatoms. The third kappa shape index (κ3) is 5.20. The fourth-order valence-corrected chi connectivity index (χ4v) is 4.25. The van der Waals surface area contributed by atoms with E-state index in [1.165, 1.54) is 33.6 Å². The van der Waals surface area contributed by atoms with Crippen molar-refractivity contribution in [3.63, 3.8) is 0 Å². The minimum Gasteiger partial charge on any atom is -0.355 e. The highest BCUT2D eigenvalue weighted by Crippen LogP contribution is 2.12. The lowest BCUT2D eigenvalue weighted by molar-refractivity contribution is -0.118. The molecule has 0 aliphatic heterocycles. The zero-order valence-corrected chi connectivity index (χ0v) is 17.3. The summed E-state index contributed by atoms with van der Waals surface area (Å²) >= 11 is 2.89. The van der Waals surface area contributed by atoms with Crippen molar-refractivity contribution in [1.29, 1.82) is 0 Å². The number of rotatable bonds is 8. The Morgan fingerprint density at radius 2 is 2.19 bits per heavy atom. The molecule has 3 aromatic heterocycles. The summed E-state index contributed by atoms with van der Waals surface area (Å²) in [6.45, 7) is 7.50. The van der Waals surface area contributed by atoms with Gasteiger partial charge < -0.3 is 5.32 Å². The van der Waals surface area contributed by atoms with Gasteiger partial charge in [0.05, 0.1) is 17.1 Å². The first kappa shape index (κ1) is 19.6. The molecule has 1 atom stereocenters. The second kappa shape index (κ2) is 8.71. The van der Waals surface area contributed by atoms with Crippen molar-refractivity contribution in [1.82, 2.24) is 24.5 Å². The summed E-state index contributed by atoms with van der Waals surface area (Å²) in [6.07, 6.45) is 1.72. The average Bonchev–Trinajstić information content (AvgIpc) is 3.20. The van der Waals surface area contributed by atoms with Crippen LogP contribution in [0.2, 0.25) is 0 Å². The van der Waals surface area contributed by atoms with Gasteiger partial charge in [-0.1, -0.05) is 6.92 Å². The van der Waals surface area contributed by atoms with E-state index in [1.54, 1.807) is 6.20 Å². The van der Waals surface area contributed by atoms with Gasteiger partial charge in [0.1, 0.15) is 0 Å². The minimum atomic E-state index is -0.0840. The van der Waals surface area contributed by atoms with E-state index >= 15 is 0 Å². The topological polar surface area (TPSA) is 81.3 Å². The second-order valence-corrected chi connectivity index (χ2v) is 8.51. The molecule has 0 spiro atoms. The van der Waals surface area contributed by atoms with Crippen molar-refractivity contribution < 1.29 is 4.79 Å². The van der Waals surface area contributed by atoms with E-state index in [1.807, 2.05) is 23.9 Å². The fraction of sp³-hybridized carbons (Fsp3) is 0.444. The number of fused-ring (bicyclic) bond motifs is 1. The zero-order chi connectivity index (χ0) is 19.4. The first-order chi connectivity index (χ1) is 12.9. The molecule has 0 fully saturated rings. The number of aryl methyl sites for hydroxylation is 2. The van der Waals surface area contributed by atoms with E-state index in [2.05, 4.69) is 28.4 Å². The Kier molecular flexibility index (Phi) is 6.33. The maximum Gasteiger partial charge on any atom is 0.258 e. The summed E-state index contributed by atoms with van der Waals surface area (Å²) < 4.78 is 3.50. The fourth-order valence-electron chi connectivity index (χ4n) is 2.77. The molecule has 0 aromatic carbocycles. The number of hydrogen-bond donors (Lipinski definition) is 1. The van der Waals surface area contributed by atoms with Gasteiger partial charge in [-0.25, -0.2) is 4.98 Å². The Hall–Kier alpha value is -2.13. The standard InChI is InChI=1S/C18H23N5O2S2/c1-12(9-23-14(3)6-13(2)21-23)8-19-16(24)11-26-10-15-7-17(25)22-4-5-27-18(22)20-15/h4-7,12H,8-11H2,1-3H3,(H,19,24). The van der Waals surface area contributed by atoms with Gasteiger partial charge in [0.25, 0.3) is 5.56 Å². The summed E-state index contributed by atoms with van der Waals surface area (Å²) in [5, 5.41) is 9.25. The van der Waals surface area contributed by atoms with E-state index in [0.29, 0.717) is 34.6 Å². The zero-order valence-electron chi connectivity index (χ0n) is 15.6. The van der Waals surface area contributed by atoms with Gasteiger partial charge in [0.15, 0.2) is 4.96 Å². The van der Waals surface area contributed by atoms with Crippen molar-refractivity contribution in [2.75, 3.05) is 12.3 Å². The van der Waals surface area contributed by atoms with Crippen LogP contribution in [0.25, 0.3) is 4.96 Å². The molecule has 3 aromatic rings. The Bertz CT molecular complexity index is 991. The number of amides is 1. The summed E-state index contributed by atoms with van der Waals surface area (Å²) in [5.41, 5.74) is 2.76. The highest BCUT2D eigenvalue weighted by Gasteiger charge is 2.10. The highest BCUT2D eigenvalue weighted by molar-refractivity contribution is 7.99. The lowest BCUT2D eigenvalue weighted by atomic mass is 10.2. The third-order valence-electron chi connectivity index (χ3n) is 4.07. The second-order valence-electron chi connectivity index (χ2n) is 6.65. The van der Waals surface area contributed by atoms with Gasteiger partial charge in [-0.15, -0.1) is 23.1 Å². The van der Waals surface area contributed by atoms with Crippen molar-refractivity contribution >= 4 is 34.0 Å². The van der Waals surface area contributed by atoms with Crippen LogP contribution in [-0.4, -0.2) is 37.4 Å². The van der Waals surface area contributed by atoms with Gasteiger partial charge in [0, 0.05) is 42.2 Å². The quantitative estimate of drug-likeness (QED) is 0.622. The van der Waals surface area contributed by atoms with Crippen LogP contribution in [0.1, 0.15) is 24.0 Å². The summed E-state index contributed by atoms with van der Waals surface area (Å²) in [5.74, 6) is 1.17. The third-order valence-corrected chi connectivity index (χ3v) is 5.80. The summed E-state index contributed by atoms with van der Waals surface area (Å²) in [6, 6.07) is 3.58. The van der Waals surface area contributed by atoms with Gasteiger partial charge in [0.2, 0.25) is 5.91 Å². The Morgan fingerprint density at radius 1 is 1.37 bits per heavy atom. The molecule has 1 amide bonds. The molecule has 0 saturated heterocycles. The molecule has 0 bridgehead atoms. The Balaban J connectivity index is 1.41. The average molecular weight is 406 g/mol. The maximum atomic E-state index is 12.1. The predicted molar refractivity (Wildman–Crippen MR) is 109 cm³/mol. The number of carbonyl (C=O) groups is 1. The number of carbonyl (C=O) groups excluding carboxylic acids is 1. The van der Waals surface area contributed by atoms with Crippen LogP contribution >= 0.6 is 23.1 Å². The Morgan fingerprint density at radius 3 is 2.93 bits per heavy atom. The van der Waals surface area contributed by atoms with Crippen molar-refractivity contribution in [2.45, 2.75) is 33.1 Å². The van der Waals surface area contributed by atoms with Crippen LogP contribution in [0.5, 0.6) is 0 Å². The van der Waals surface area contributed by atoms with Crippen LogP contribution in [-0.2, 0) is 17.1 Å². The molecule has 0 radical (unpaired) electrons. The molecule has 1 unspecified atom stereocenters. The first-order valence-corrected chi connectivity index (χ1v) is 10.8.